The molecule has 0 amide bonds. The smallest absolute Gasteiger partial charge is 0.232 e. The van der Waals surface area contributed by atoms with E-state index in [-0.39, 0.29) is 30.6 Å². The lowest BCUT2D eigenvalue weighted by Crippen LogP contribution is -2.73. The van der Waals surface area contributed by atoms with E-state index in [4.69, 9.17) is 0 Å². The van der Waals surface area contributed by atoms with Gasteiger partial charge in [0.25, 0.3) is 0 Å². The zero-order valence-electron chi connectivity index (χ0n) is 19.4. The topological polar surface area (TPSA) is 156 Å². The molecule has 1 aromatic carbocycles. The van der Waals surface area contributed by atoms with Crippen molar-refractivity contribution in [1.29, 1.82) is 0 Å². The molecule has 5 aliphatic carbocycles. The lowest BCUT2D eigenvalue weighted by molar-refractivity contribution is -0.238. The molecular formula is C25H34O8S. The Morgan fingerprint density at radius 3 is 1.68 bits per heavy atom. The molecule has 0 bridgehead atoms. The van der Waals surface area contributed by atoms with Crippen molar-refractivity contribution in [2.24, 2.45) is 10.8 Å². The third kappa shape index (κ3) is 1.80. The summed E-state index contributed by atoms with van der Waals surface area (Å²) in [6, 6.07) is 5.63. The second kappa shape index (κ2) is 6.25. The van der Waals surface area contributed by atoms with Crippen LogP contribution in [0, 0.1) is 17.8 Å². The molecule has 6 N–H and O–H groups in total. The van der Waals surface area contributed by atoms with Gasteiger partial charge in [-0.15, -0.1) is 0 Å². The summed E-state index contributed by atoms with van der Waals surface area (Å²) in [6.07, 6.45) is 2.42. The molecule has 0 aliphatic heterocycles. The Kier molecular flexibility index (Phi) is 4.29. The van der Waals surface area contributed by atoms with Gasteiger partial charge in [-0.3, -0.25) is 0 Å². The van der Waals surface area contributed by atoms with Gasteiger partial charge in [0.15, 0.2) is 5.60 Å². The van der Waals surface area contributed by atoms with Crippen molar-refractivity contribution in [3.8, 4) is 0 Å². The number of fused-ring (bicyclic) bond motifs is 7. The first-order chi connectivity index (χ1) is 15.8. The maximum atomic E-state index is 14.0. The zero-order valence-corrected chi connectivity index (χ0v) is 20.2. The molecule has 0 aromatic heterocycles. The summed E-state index contributed by atoms with van der Waals surface area (Å²) >= 11 is 0. The van der Waals surface area contributed by atoms with Gasteiger partial charge in [-0.2, -0.15) is 0 Å². The minimum atomic E-state index is -4.91. The minimum Gasteiger partial charge on any atom is -0.386 e. The van der Waals surface area contributed by atoms with Crippen LogP contribution in [0.5, 0.6) is 0 Å². The van der Waals surface area contributed by atoms with Crippen molar-refractivity contribution < 1.29 is 39.1 Å². The molecule has 8 nitrogen and oxygen atoms in total. The van der Waals surface area contributed by atoms with E-state index in [1.54, 1.807) is 6.92 Å². The van der Waals surface area contributed by atoms with E-state index < -0.39 is 54.1 Å². The fourth-order valence-corrected chi connectivity index (χ4v) is 11.2. The van der Waals surface area contributed by atoms with E-state index in [0.717, 1.165) is 18.4 Å². The number of hydrogen-bond acceptors (Lipinski definition) is 8. The van der Waals surface area contributed by atoms with E-state index >= 15 is 0 Å². The molecule has 1 aromatic rings. The lowest BCUT2D eigenvalue weighted by atomic mass is 9.76. The van der Waals surface area contributed by atoms with Crippen LogP contribution in [0.2, 0.25) is 0 Å². The summed E-state index contributed by atoms with van der Waals surface area (Å²) < 4.78 is 28.1. The standard InChI is InChI=1S/C25H34O8S/c1-16-8-10-17(11-9-16)34(32,33)22(28)18(26)21(27)19(12-4-2-5-13-19)23(21,29)25(31)20(24(22,25)30)14-6-3-7-15-20/h8-11,18,26-31H,2-7,12-15H2,1H3. The second-order valence-electron chi connectivity index (χ2n) is 11.6. The zero-order chi connectivity index (χ0) is 24.6. The van der Waals surface area contributed by atoms with Gasteiger partial charge in [-0.25, -0.2) is 8.42 Å². The van der Waals surface area contributed by atoms with Gasteiger partial charge >= 0.3 is 0 Å². The molecule has 6 rings (SSSR count). The van der Waals surface area contributed by atoms with Crippen molar-refractivity contribution in [1.82, 2.24) is 0 Å². The molecular weight excluding hydrogens is 460 g/mol. The van der Waals surface area contributed by atoms with Crippen LogP contribution in [0.1, 0.15) is 69.8 Å². The molecule has 6 unspecified atom stereocenters. The Morgan fingerprint density at radius 2 is 1.18 bits per heavy atom. The largest absolute Gasteiger partial charge is 0.386 e. The number of benzene rings is 1. The van der Waals surface area contributed by atoms with Crippen molar-refractivity contribution in [3.05, 3.63) is 29.8 Å². The molecule has 5 fully saturated rings. The number of rotatable bonds is 2. The SMILES string of the molecule is Cc1ccc(S(=O)(=O)C2(O)C(O)C3(O)C4(CCCCC4)C3(O)C3(O)C4(CCCCC4)C32O)cc1. The first-order valence-electron chi connectivity index (χ1n) is 12.4. The highest BCUT2D eigenvalue weighted by Crippen LogP contribution is 2.93. The third-order valence-electron chi connectivity index (χ3n) is 10.7. The number of sulfone groups is 1. The maximum absolute atomic E-state index is 14.0. The van der Waals surface area contributed by atoms with Crippen LogP contribution in [0.4, 0.5) is 0 Å². The van der Waals surface area contributed by atoms with Crippen molar-refractivity contribution in [2.75, 3.05) is 0 Å². The highest BCUT2D eigenvalue weighted by Gasteiger charge is 3.14. The first kappa shape index (κ1) is 23.3. The lowest BCUT2D eigenvalue weighted by Gasteiger charge is -2.46. The van der Waals surface area contributed by atoms with Crippen LogP contribution in [-0.4, -0.2) is 72.5 Å². The van der Waals surface area contributed by atoms with Crippen molar-refractivity contribution in [2.45, 2.75) is 109 Å². The minimum absolute atomic E-state index is 0.174. The Bertz CT molecular complexity index is 1150. The summed E-state index contributed by atoms with van der Waals surface area (Å²) in [4.78, 5) is -3.65. The molecule has 9 heteroatoms. The van der Waals surface area contributed by atoms with Gasteiger partial charge in [0.05, 0.1) is 4.90 Å². The van der Waals surface area contributed by atoms with E-state index in [1.807, 2.05) is 0 Å². The summed E-state index contributed by atoms with van der Waals surface area (Å²) in [7, 11) is -4.91. The Hall–Kier alpha value is -1.07. The second-order valence-corrected chi connectivity index (χ2v) is 13.7. The van der Waals surface area contributed by atoms with Gasteiger partial charge in [-0.1, -0.05) is 56.2 Å². The van der Waals surface area contributed by atoms with Crippen LogP contribution >= 0.6 is 0 Å². The first-order valence-corrected chi connectivity index (χ1v) is 13.9. The molecule has 2 spiro atoms. The average molecular weight is 495 g/mol. The predicted molar refractivity (Wildman–Crippen MR) is 120 cm³/mol. The quantitative estimate of drug-likeness (QED) is 0.351. The monoisotopic (exact) mass is 494 g/mol. The van der Waals surface area contributed by atoms with Crippen LogP contribution in [0.3, 0.4) is 0 Å². The van der Waals surface area contributed by atoms with Gasteiger partial charge in [-0.05, 0) is 44.7 Å². The van der Waals surface area contributed by atoms with E-state index in [9.17, 15) is 39.1 Å². The molecule has 5 aliphatic rings. The number of aliphatic hydroxyl groups excluding tert-OH is 1. The van der Waals surface area contributed by atoms with E-state index in [2.05, 4.69) is 0 Å². The van der Waals surface area contributed by atoms with Crippen LogP contribution in [-0.2, 0) is 9.84 Å². The highest BCUT2D eigenvalue weighted by atomic mass is 32.2. The van der Waals surface area contributed by atoms with Gasteiger partial charge in [0.2, 0.25) is 14.8 Å². The van der Waals surface area contributed by atoms with Gasteiger partial charge < -0.3 is 30.6 Å². The Labute approximate surface area is 199 Å². The molecule has 0 heterocycles. The average Bonchev–Trinajstić information content (AvgIpc) is 3.46. The number of hydrogen-bond donors (Lipinski definition) is 6. The predicted octanol–water partition coefficient (Wildman–Crippen LogP) is 0.684. The normalized spacial score (nSPS) is 48.3. The summed E-state index contributed by atoms with van der Waals surface area (Å²) in [6.45, 7) is 1.77. The summed E-state index contributed by atoms with van der Waals surface area (Å²) in [5, 5.41) is 72.2. The van der Waals surface area contributed by atoms with Crippen molar-refractivity contribution in [3.63, 3.8) is 0 Å². The van der Waals surface area contributed by atoms with Crippen LogP contribution in [0.15, 0.2) is 29.2 Å². The molecule has 5 saturated carbocycles. The van der Waals surface area contributed by atoms with Crippen LogP contribution in [0.25, 0.3) is 0 Å². The van der Waals surface area contributed by atoms with Crippen LogP contribution < -0.4 is 0 Å². The van der Waals surface area contributed by atoms with E-state index in [0.29, 0.717) is 25.7 Å². The Morgan fingerprint density at radius 1 is 0.706 bits per heavy atom. The maximum Gasteiger partial charge on any atom is 0.232 e. The third-order valence-corrected chi connectivity index (χ3v) is 13.0. The van der Waals surface area contributed by atoms with Gasteiger partial charge in [0.1, 0.15) is 22.9 Å². The molecule has 0 saturated heterocycles. The van der Waals surface area contributed by atoms with Crippen molar-refractivity contribution >= 4 is 9.84 Å². The molecule has 0 radical (unpaired) electrons. The highest BCUT2D eigenvalue weighted by molar-refractivity contribution is 7.92. The fourth-order valence-electron chi connectivity index (χ4n) is 9.12. The number of aryl methyl sites for hydroxylation is 1. The summed E-state index contributed by atoms with van der Waals surface area (Å²) in [5.74, 6) is 0. The summed E-state index contributed by atoms with van der Waals surface area (Å²) in [5.41, 5.74) is -12.2. The molecule has 34 heavy (non-hydrogen) atoms. The Balaban J connectivity index is 1.64. The molecule has 188 valence electrons. The molecule has 6 atom stereocenters. The van der Waals surface area contributed by atoms with E-state index in [1.165, 1.54) is 24.3 Å². The fraction of sp³-hybridized carbons (Fsp3) is 0.760. The van der Waals surface area contributed by atoms with Gasteiger partial charge in [0, 0.05) is 10.8 Å². The number of aliphatic hydroxyl groups is 6.